The molecule has 1 unspecified atom stereocenters. The van der Waals surface area contributed by atoms with Gasteiger partial charge in [0, 0.05) is 22.1 Å². The molecule has 0 amide bonds. The van der Waals surface area contributed by atoms with Gasteiger partial charge in [0.15, 0.2) is 0 Å². The topological polar surface area (TPSA) is 37.8 Å². The Morgan fingerprint density at radius 1 is 1.27 bits per heavy atom. The van der Waals surface area contributed by atoms with E-state index < -0.39 is 0 Å². The molecule has 0 aliphatic heterocycles. The van der Waals surface area contributed by atoms with Gasteiger partial charge in [-0.05, 0) is 32.2 Å². The van der Waals surface area contributed by atoms with Gasteiger partial charge < -0.3 is 5.32 Å². The first kappa shape index (κ1) is 10.3. The molecule has 3 nitrogen and oxygen atoms in total. The van der Waals surface area contributed by atoms with Gasteiger partial charge in [-0.1, -0.05) is 0 Å². The zero-order valence-electron chi connectivity index (χ0n) is 8.77. The van der Waals surface area contributed by atoms with Crippen molar-refractivity contribution in [1.82, 2.24) is 15.3 Å². The van der Waals surface area contributed by atoms with Gasteiger partial charge in [-0.3, -0.25) is 0 Å². The third kappa shape index (κ3) is 2.22. The Bertz CT molecular complexity index is 424. The van der Waals surface area contributed by atoms with Crippen LogP contribution in [0, 0.1) is 6.92 Å². The van der Waals surface area contributed by atoms with Crippen LogP contribution in [0.3, 0.4) is 0 Å². The van der Waals surface area contributed by atoms with Crippen molar-refractivity contribution in [3.05, 3.63) is 46.2 Å². The quantitative estimate of drug-likeness (QED) is 0.859. The second-order valence-electron chi connectivity index (χ2n) is 3.28. The summed E-state index contributed by atoms with van der Waals surface area (Å²) in [5.41, 5.74) is 0. The maximum absolute atomic E-state index is 4.27. The van der Waals surface area contributed by atoms with Crippen LogP contribution >= 0.6 is 11.3 Å². The van der Waals surface area contributed by atoms with Crippen molar-refractivity contribution in [2.24, 2.45) is 0 Å². The highest BCUT2D eigenvalue weighted by molar-refractivity contribution is 7.12. The summed E-state index contributed by atoms with van der Waals surface area (Å²) in [6, 6.07) is 6.17. The smallest absolute Gasteiger partial charge is 0.150 e. The van der Waals surface area contributed by atoms with Crippen LogP contribution in [-0.2, 0) is 0 Å². The lowest BCUT2D eigenvalue weighted by molar-refractivity contribution is 0.656. The first-order valence-corrected chi connectivity index (χ1v) is 5.63. The highest BCUT2D eigenvalue weighted by atomic mass is 32.1. The van der Waals surface area contributed by atoms with Crippen molar-refractivity contribution in [3.8, 4) is 0 Å². The van der Waals surface area contributed by atoms with Crippen molar-refractivity contribution in [1.29, 1.82) is 0 Å². The molecule has 0 aliphatic carbocycles. The summed E-state index contributed by atoms with van der Waals surface area (Å²) in [5, 5.41) is 3.23. The third-order valence-electron chi connectivity index (χ3n) is 2.18. The van der Waals surface area contributed by atoms with Crippen LogP contribution < -0.4 is 5.32 Å². The Morgan fingerprint density at radius 2 is 2.00 bits per heavy atom. The lowest BCUT2D eigenvalue weighted by Gasteiger charge is -2.11. The first-order chi connectivity index (χ1) is 7.31. The van der Waals surface area contributed by atoms with Gasteiger partial charge in [-0.15, -0.1) is 11.3 Å². The average molecular weight is 219 g/mol. The number of rotatable bonds is 3. The molecule has 0 radical (unpaired) electrons. The van der Waals surface area contributed by atoms with E-state index in [0.29, 0.717) is 0 Å². The van der Waals surface area contributed by atoms with Crippen LogP contribution in [0.5, 0.6) is 0 Å². The largest absolute Gasteiger partial charge is 0.306 e. The van der Waals surface area contributed by atoms with E-state index in [4.69, 9.17) is 0 Å². The molecule has 2 aromatic rings. The molecule has 2 heterocycles. The summed E-state index contributed by atoms with van der Waals surface area (Å²) in [6.45, 7) is 2.10. The highest BCUT2D eigenvalue weighted by Crippen LogP contribution is 2.25. The van der Waals surface area contributed by atoms with Crippen LogP contribution in [0.25, 0.3) is 0 Å². The van der Waals surface area contributed by atoms with Crippen molar-refractivity contribution in [2.45, 2.75) is 13.0 Å². The molecular formula is C11H13N3S. The molecule has 0 saturated carbocycles. The number of hydrogen-bond acceptors (Lipinski definition) is 4. The fourth-order valence-corrected chi connectivity index (χ4v) is 2.45. The fraction of sp³-hybridized carbons (Fsp3) is 0.273. The molecular weight excluding hydrogens is 206 g/mol. The summed E-state index contributed by atoms with van der Waals surface area (Å²) in [5.74, 6) is 0.821. The van der Waals surface area contributed by atoms with Crippen LogP contribution in [0.4, 0.5) is 0 Å². The van der Waals surface area contributed by atoms with Gasteiger partial charge in [0.05, 0.1) is 0 Å². The van der Waals surface area contributed by atoms with Crippen LogP contribution in [-0.4, -0.2) is 17.0 Å². The fourth-order valence-electron chi connectivity index (χ4n) is 1.47. The molecule has 2 rings (SSSR count). The number of hydrogen-bond donors (Lipinski definition) is 1. The second kappa shape index (κ2) is 4.51. The zero-order valence-corrected chi connectivity index (χ0v) is 9.58. The van der Waals surface area contributed by atoms with Gasteiger partial charge in [-0.25, -0.2) is 9.97 Å². The Labute approximate surface area is 93.2 Å². The Kier molecular flexibility index (Phi) is 3.08. The summed E-state index contributed by atoms with van der Waals surface area (Å²) in [6.07, 6.45) is 3.54. The number of aryl methyl sites for hydroxylation is 1. The van der Waals surface area contributed by atoms with Gasteiger partial charge >= 0.3 is 0 Å². The molecule has 0 saturated heterocycles. The summed E-state index contributed by atoms with van der Waals surface area (Å²) in [4.78, 5) is 11.1. The monoisotopic (exact) mass is 219 g/mol. The van der Waals surface area contributed by atoms with Gasteiger partial charge in [-0.2, -0.15) is 0 Å². The molecule has 78 valence electrons. The lowest BCUT2D eigenvalue weighted by atomic mass is 10.2. The Morgan fingerprint density at radius 3 is 2.53 bits per heavy atom. The average Bonchev–Trinajstić information content (AvgIpc) is 2.68. The van der Waals surface area contributed by atoms with Crippen LogP contribution in [0.1, 0.15) is 21.6 Å². The molecule has 0 aromatic carbocycles. The van der Waals surface area contributed by atoms with E-state index in [9.17, 15) is 0 Å². The lowest BCUT2D eigenvalue weighted by Crippen LogP contribution is -2.18. The summed E-state index contributed by atoms with van der Waals surface area (Å²) < 4.78 is 0. The minimum absolute atomic E-state index is 0.102. The molecule has 0 bridgehead atoms. The zero-order chi connectivity index (χ0) is 10.7. The van der Waals surface area contributed by atoms with Crippen molar-refractivity contribution in [2.75, 3.05) is 7.05 Å². The van der Waals surface area contributed by atoms with Gasteiger partial charge in [0.1, 0.15) is 11.9 Å². The van der Waals surface area contributed by atoms with E-state index in [1.165, 1.54) is 9.75 Å². The van der Waals surface area contributed by atoms with E-state index >= 15 is 0 Å². The molecule has 0 spiro atoms. The van der Waals surface area contributed by atoms with Crippen molar-refractivity contribution >= 4 is 11.3 Å². The molecule has 2 aromatic heterocycles. The SMILES string of the molecule is CNC(c1ncccn1)c1ccc(C)s1. The highest BCUT2D eigenvalue weighted by Gasteiger charge is 2.15. The van der Waals surface area contributed by atoms with Crippen molar-refractivity contribution < 1.29 is 0 Å². The molecule has 1 N–H and O–H groups in total. The minimum Gasteiger partial charge on any atom is -0.306 e. The van der Waals surface area contributed by atoms with Crippen LogP contribution in [0.15, 0.2) is 30.6 Å². The molecule has 4 heteroatoms. The van der Waals surface area contributed by atoms with E-state index in [2.05, 4.69) is 34.3 Å². The predicted octanol–water partition coefficient (Wildman–Crippen LogP) is 2.16. The number of thiophene rings is 1. The second-order valence-corrected chi connectivity index (χ2v) is 4.60. The Hall–Kier alpha value is -1.26. The maximum atomic E-state index is 4.27. The molecule has 0 fully saturated rings. The molecule has 15 heavy (non-hydrogen) atoms. The predicted molar refractivity (Wildman–Crippen MR) is 62.0 cm³/mol. The number of aromatic nitrogens is 2. The van der Waals surface area contributed by atoms with E-state index in [-0.39, 0.29) is 6.04 Å². The number of nitrogens with one attached hydrogen (secondary N) is 1. The van der Waals surface area contributed by atoms with Gasteiger partial charge in [0.25, 0.3) is 0 Å². The van der Waals surface area contributed by atoms with Gasteiger partial charge in [0.2, 0.25) is 0 Å². The first-order valence-electron chi connectivity index (χ1n) is 4.82. The van der Waals surface area contributed by atoms with E-state index in [0.717, 1.165) is 5.82 Å². The van der Waals surface area contributed by atoms with E-state index in [1.807, 2.05) is 13.1 Å². The summed E-state index contributed by atoms with van der Waals surface area (Å²) in [7, 11) is 1.93. The van der Waals surface area contributed by atoms with E-state index in [1.54, 1.807) is 23.7 Å². The van der Waals surface area contributed by atoms with Crippen LogP contribution in [0.2, 0.25) is 0 Å². The molecule has 0 aliphatic rings. The standard InChI is InChI=1S/C11H13N3S/c1-8-4-5-9(15-8)10(12-2)11-13-6-3-7-14-11/h3-7,10,12H,1-2H3. The maximum Gasteiger partial charge on any atom is 0.150 e. The van der Waals surface area contributed by atoms with Crippen molar-refractivity contribution in [3.63, 3.8) is 0 Å². The number of nitrogens with zero attached hydrogens (tertiary/aromatic N) is 2. The third-order valence-corrected chi connectivity index (χ3v) is 3.24. The Balaban J connectivity index is 2.33. The molecule has 1 atom stereocenters. The summed E-state index contributed by atoms with van der Waals surface area (Å²) >= 11 is 1.77. The minimum atomic E-state index is 0.102. The normalized spacial score (nSPS) is 12.7.